The molecule has 0 radical (unpaired) electrons. The molecule has 7 heteroatoms. The molecular weight excluding hydrogens is 266 g/mol. The van der Waals surface area contributed by atoms with Crippen molar-refractivity contribution in [3.05, 3.63) is 33.9 Å². The predicted octanol–water partition coefficient (Wildman–Crippen LogP) is 1.69. The van der Waals surface area contributed by atoms with Crippen molar-refractivity contribution < 1.29 is 24.2 Å². The number of nitro groups is 1. The number of aliphatic hydroxyl groups excluding tert-OH is 1. The topological polar surface area (TPSA) is 91.1 Å². The van der Waals surface area contributed by atoms with Crippen molar-refractivity contribution in [2.24, 2.45) is 0 Å². The molecule has 0 aliphatic heterocycles. The van der Waals surface area contributed by atoms with E-state index in [4.69, 9.17) is 14.2 Å². The van der Waals surface area contributed by atoms with E-state index < -0.39 is 11.0 Å². The first-order valence-electron chi connectivity index (χ1n) is 6.22. The molecule has 0 saturated heterocycles. The summed E-state index contributed by atoms with van der Waals surface area (Å²) in [6, 6.07) is 4.13. The third-order valence-corrected chi connectivity index (χ3v) is 2.57. The largest absolute Gasteiger partial charge is 0.491 e. The summed E-state index contributed by atoms with van der Waals surface area (Å²) >= 11 is 0. The van der Waals surface area contributed by atoms with E-state index in [1.807, 2.05) is 0 Å². The van der Waals surface area contributed by atoms with Gasteiger partial charge in [0.15, 0.2) is 0 Å². The Balaban J connectivity index is 2.58. The fraction of sp³-hybridized carbons (Fsp3) is 0.538. The van der Waals surface area contributed by atoms with Gasteiger partial charge in [-0.1, -0.05) is 0 Å². The number of hydrogen-bond donors (Lipinski definition) is 1. The summed E-state index contributed by atoms with van der Waals surface area (Å²) in [4.78, 5) is 10.2. The first kappa shape index (κ1) is 16.4. The van der Waals surface area contributed by atoms with Gasteiger partial charge < -0.3 is 19.3 Å². The zero-order valence-electron chi connectivity index (χ0n) is 11.6. The van der Waals surface area contributed by atoms with Gasteiger partial charge in [0.1, 0.15) is 12.4 Å². The first-order chi connectivity index (χ1) is 9.56. The van der Waals surface area contributed by atoms with Gasteiger partial charge in [-0.15, -0.1) is 0 Å². The fourth-order valence-electron chi connectivity index (χ4n) is 1.56. The summed E-state index contributed by atoms with van der Waals surface area (Å²) < 4.78 is 15.5. The number of aliphatic hydroxyl groups is 1. The maximum absolute atomic E-state index is 10.7. The summed E-state index contributed by atoms with van der Waals surface area (Å²) in [7, 11) is 1.59. The molecule has 1 atom stereocenters. The van der Waals surface area contributed by atoms with Crippen LogP contribution in [0.3, 0.4) is 0 Å². The van der Waals surface area contributed by atoms with Crippen LogP contribution in [0.1, 0.15) is 18.6 Å². The number of nitrogens with zero attached hydrogens (tertiary/aromatic N) is 1. The zero-order valence-corrected chi connectivity index (χ0v) is 11.6. The standard InChI is InChI=1S/C13H19NO6/c1-10(15)12-9-11(14(16)17)3-4-13(12)20-8-7-19-6-5-18-2/h3-4,9-10,15H,5-8H2,1-2H3/t10-/m0/s1. The highest BCUT2D eigenvalue weighted by Gasteiger charge is 2.15. The Labute approximate surface area is 117 Å². The van der Waals surface area contributed by atoms with Crippen LogP contribution >= 0.6 is 0 Å². The summed E-state index contributed by atoms with van der Waals surface area (Å²) in [5, 5.41) is 20.3. The quantitative estimate of drug-likeness (QED) is 0.422. The lowest BCUT2D eigenvalue weighted by atomic mass is 10.1. The second-order valence-corrected chi connectivity index (χ2v) is 4.11. The second kappa shape index (κ2) is 8.47. The Kier molecular flexibility index (Phi) is 6.92. The van der Waals surface area contributed by atoms with Crippen LogP contribution in [0.5, 0.6) is 5.75 Å². The van der Waals surface area contributed by atoms with Crippen molar-refractivity contribution in [1.29, 1.82) is 0 Å². The van der Waals surface area contributed by atoms with E-state index in [1.165, 1.54) is 25.1 Å². The average Bonchev–Trinajstić information content (AvgIpc) is 2.42. The number of methoxy groups -OCH3 is 1. The normalized spacial score (nSPS) is 12.2. The van der Waals surface area contributed by atoms with Gasteiger partial charge in [0.25, 0.3) is 5.69 Å². The van der Waals surface area contributed by atoms with Crippen molar-refractivity contribution in [1.82, 2.24) is 0 Å². The number of benzene rings is 1. The van der Waals surface area contributed by atoms with Gasteiger partial charge in [0.05, 0.1) is 30.8 Å². The molecule has 0 bridgehead atoms. The van der Waals surface area contributed by atoms with Crippen molar-refractivity contribution in [3.8, 4) is 5.75 Å². The molecule has 0 aromatic heterocycles. The summed E-state index contributed by atoms with van der Waals surface area (Å²) in [6.07, 6.45) is -0.848. The highest BCUT2D eigenvalue weighted by atomic mass is 16.6. The van der Waals surface area contributed by atoms with Gasteiger partial charge >= 0.3 is 0 Å². The molecule has 20 heavy (non-hydrogen) atoms. The molecule has 0 heterocycles. The van der Waals surface area contributed by atoms with Crippen LogP contribution in [0.25, 0.3) is 0 Å². The zero-order chi connectivity index (χ0) is 15.0. The third kappa shape index (κ3) is 5.12. The van der Waals surface area contributed by atoms with Crippen molar-refractivity contribution in [2.45, 2.75) is 13.0 Å². The lowest BCUT2D eigenvalue weighted by Crippen LogP contribution is -2.11. The molecule has 1 aromatic carbocycles. The summed E-state index contributed by atoms with van der Waals surface area (Å²) in [5.74, 6) is 0.418. The Bertz CT molecular complexity index is 435. The maximum atomic E-state index is 10.7. The number of hydrogen-bond acceptors (Lipinski definition) is 6. The van der Waals surface area contributed by atoms with Gasteiger partial charge in [-0.2, -0.15) is 0 Å². The van der Waals surface area contributed by atoms with Crippen LogP contribution in [0.15, 0.2) is 18.2 Å². The van der Waals surface area contributed by atoms with Crippen LogP contribution in [-0.2, 0) is 9.47 Å². The second-order valence-electron chi connectivity index (χ2n) is 4.11. The van der Waals surface area contributed by atoms with Crippen molar-refractivity contribution in [2.75, 3.05) is 33.5 Å². The molecule has 7 nitrogen and oxygen atoms in total. The van der Waals surface area contributed by atoms with Crippen LogP contribution in [-0.4, -0.2) is 43.6 Å². The predicted molar refractivity (Wildman–Crippen MR) is 71.9 cm³/mol. The lowest BCUT2D eigenvalue weighted by molar-refractivity contribution is -0.385. The molecule has 0 amide bonds. The Hall–Kier alpha value is -1.70. The van der Waals surface area contributed by atoms with E-state index in [2.05, 4.69) is 0 Å². The molecule has 1 N–H and O–H groups in total. The van der Waals surface area contributed by atoms with Crippen LogP contribution in [0.2, 0.25) is 0 Å². The van der Waals surface area contributed by atoms with Crippen LogP contribution in [0.4, 0.5) is 5.69 Å². The Morgan fingerprint density at radius 2 is 2.00 bits per heavy atom. The summed E-state index contributed by atoms with van der Waals surface area (Å²) in [5.41, 5.74) is 0.306. The van der Waals surface area contributed by atoms with Gasteiger partial charge in [0, 0.05) is 24.8 Å². The Morgan fingerprint density at radius 1 is 1.30 bits per heavy atom. The fourth-order valence-corrected chi connectivity index (χ4v) is 1.56. The number of ether oxygens (including phenoxy) is 3. The van der Waals surface area contributed by atoms with E-state index >= 15 is 0 Å². The Morgan fingerprint density at radius 3 is 2.60 bits per heavy atom. The maximum Gasteiger partial charge on any atom is 0.270 e. The minimum atomic E-state index is -0.848. The van der Waals surface area contributed by atoms with Gasteiger partial charge in [-0.3, -0.25) is 10.1 Å². The highest BCUT2D eigenvalue weighted by Crippen LogP contribution is 2.29. The molecule has 112 valence electrons. The van der Waals surface area contributed by atoms with Crippen LogP contribution < -0.4 is 4.74 Å². The summed E-state index contributed by atoms with van der Waals surface area (Å²) in [6.45, 7) is 3.18. The molecular formula is C13H19NO6. The SMILES string of the molecule is COCCOCCOc1ccc([N+](=O)[O-])cc1[C@H](C)O. The monoisotopic (exact) mass is 285 g/mol. The molecule has 0 unspecified atom stereocenters. The van der Waals surface area contributed by atoms with E-state index in [9.17, 15) is 15.2 Å². The number of non-ortho nitro benzene ring substituents is 1. The van der Waals surface area contributed by atoms with E-state index in [1.54, 1.807) is 7.11 Å². The average molecular weight is 285 g/mol. The molecule has 1 aromatic rings. The minimum Gasteiger partial charge on any atom is -0.491 e. The smallest absolute Gasteiger partial charge is 0.270 e. The van der Waals surface area contributed by atoms with Crippen LogP contribution in [0, 0.1) is 10.1 Å². The molecule has 0 aliphatic rings. The minimum absolute atomic E-state index is 0.0791. The van der Waals surface area contributed by atoms with E-state index in [0.717, 1.165) is 0 Å². The van der Waals surface area contributed by atoms with Crippen molar-refractivity contribution in [3.63, 3.8) is 0 Å². The van der Waals surface area contributed by atoms with E-state index in [-0.39, 0.29) is 5.69 Å². The van der Waals surface area contributed by atoms with Gasteiger partial charge in [0.2, 0.25) is 0 Å². The van der Waals surface area contributed by atoms with Gasteiger partial charge in [-0.25, -0.2) is 0 Å². The molecule has 1 rings (SSSR count). The molecule has 0 aliphatic carbocycles. The number of rotatable bonds is 9. The van der Waals surface area contributed by atoms with E-state index in [0.29, 0.717) is 37.7 Å². The first-order valence-corrected chi connectivity index (χ1v) is 6.22. The number of nitro benzene ring substituents is 1. The van der Waals surface area contributed by atoms with Gasteiger partial charge in [-0.05, 0) is 13.0 Å². The molecule has 0 spiro atoms. The highest BCUT2D eigenvalue weighted by molar-refractivity contribution is 5.44. The molecule has 0 fully saturated rings. The molecule has 0 saturated carbocycles. The van der Waals surface area contributed by atoms with Crippen molar-refractivity contribution >= 4 is 5.69 Å². The lowest BCUT2D eigenvalue weighted by Gasteiger charge is -2.13. The third-order valence-electron chi connectivity index (χ3n) is 2.57.